The Morgan fingerprint density at radius 2 is 2.00 bits per heavy atom. The number of hydrogen-bond acceptors (Lipinski definition) is 4. The molecule has 0 atom stereocenters. The minimum absolute atomic E-state index is 0.0146. The van der Waals surface area contributed by atoms with Crippen LogP contribution in [0.3, 0.4) is 0 Å². The third kappa shape index (κ3) is 2.22. The van der Waals surface area contributed by atoms with E-state index in [0.29, 0.717) is 10.9 Å². The average molecular weight is 284 g/mol. The molecule has 0 saturated heterocycles. The highest BCUT2D eigenvalue weighted by Gasteiger charge is 2.13. The van der Waals surface area contributed by atoms with Gasteiger partial charge in [0.25, 0.3) is 0 Å². The maximum Gasteiger partial charge on any atom is 0.344 e. The van der Waals surface area contributed by atoms with Gasteiger partial charge in [-0.25, -0.2) is 9.18 Å². The smallest absolute Gasteiger partial charge is 0.344 e. The standard InChI is InChI=1S/C16H9FO4/c17-13-7-10(19)8-14-15(13)11-4-3-9(2-1-5-18)6-12(11)16(20)21-14/h3-4,6-8,18-19H,5H2. The number of hydrogen-bond donors (Lipinski definition) is 2. The molecule has 0 aliphatic rings. The van der Waals surface area contributed by atoms with Crippen LogP contribution in [-0.2, 0) is 0 Å². The van der Waals surface area contributed by atoms with Crippen molar-refractivity contribution in [3.63, 3.8) is 0 Å². The van der Waals surface area contributed by atoms with E-state index in [1.54, 1.807) is 12.1 Å². The molecule has 4 nitrogen and oxygen atoms in total. The predicted molar refractivity (Wildman–Crippen MR) is 75.6 cm³/mol. The lowest BCUT2D eigenvalue weighted by molar-refractivity contribution is 0.350. The van der Waals surface area contributed by atoms with Crippen molar-refractivity contribution in [1.29, 1.82) is 0 Å². The van der Waals surface area contributed by atoms with Crippen molar-refractivity contribution in [3.05, 3.63) is 52.1 Å². The summed E-state index contributed by atoms with van der Waals surface area (Å²) in [5.41, 5.74) is -0.142. The molecular formula is C16H9FO4. The summed E-state index contributed by atoms with van der Waals surface area (Å²) in [6.45, 7) is -0.293. The molecule has 0 radical (unpaired) electrons. The first-order valence-electron chi connectivity index (χ1n) is 6.09. The predicted octanol–water partition coefficient (Wildman–Crippen LogP) is 2.13. The highest BCUT2D eigenvalue weighted by atomic mass is 19.1. The summed E-state index contributed by atoms with van der Waals surface area (Å²) in [5, 5.41) is 18.7. The molecule has 0 fully saturated rings. The zero-order valence-electron chi connectivity index (χ0n) is 10.7. The molecule has 0 bridgehead atoms. The van der Waals surface area contributed by atoms with E-state index < -0.39 is 11.4 Å². The lowest BCUT2D eigenvalue weighted by Crippen LogP contribution is -2.01. The molecule has 1 aromatic heterocycles. The van der Waals surface area contributed by atoms with Crippen LogP contribution in [0.25, 0.3) is 21.7 Å². The van der Waals surface area contributed by atoms with Gasteiger partial charge < -0.3 is 14.6 Å². The van der Waals surface area contributed by atoms with Crippen molar-refractivity contribution in [1.82, 2.24) is 0 Å². The lowest BCUT2D eigenvalue weighted by Gasteiger charge is -2.04. The van der Waals surface area contributed by atoms with Crippen LogP contribution >= 0.6 is 0 Å². The summed E-state index contributed by atoms with van der Waals surface area (Å²) >= 11 is 0. The molecule has 104 valence electrons. The molecule has 3 rings (SSSR count). The second kappa shape index (κ2) is 4.93. The number of phenolic OH excluding ortho intramolecular Hbond substituents is 1. The molecule has 0 aliphatic carbocycles. The summed E-state index contributed by atoms with van der Waals surface area (Å²) in [5.74, 6) is 4.16. The van der Waals surface area contributed by atoms with E-state index in [1.807, 2.05) is 0 Å². The van der Waals surface area contributed by atoms with E-state index >= 15 is 0 Å². The average Bonchev–Trinajstić information content (AvgIpc) is 2.44. The van der Waals surface area contributed by atoms with Crippen LogP contribution in [-0.4, -0.2) is 16.8 Å². The zero-order valence-corrected chi connectivity index (χ0v) is 10.7. The van der Waals surface area contributed by atoms with Gasteiger partial charge in [-0.1, -0.05) is 17.9 Å². The highest BCUT2D eigenvalue weighted by Crippen LogP contribution is 2.29. The van der Waals surface area contributed by atoms with Crippen LogP contribution in [0.1, 0.15) is 5.56 Å². The van der Waals surface area contributed by atoms with Crippen LogP contribution in [0.2, 0.25) is 0 Å². The minimum Gasteiger partial charge on any atom is -0.508 e. The molecule has 0 unspecified atom stereocenters. The van der Waals surface area contributed by atoms with Crippen LogP contribution in [0.15, 0.2) is 39.5 Å². The normalized spacial score (nSPS) is 10.6. The summed E-state index contributed by atoms with van der Waals surface area (Å²) in [6, 6.07) is 6.82. The van der Waals surface area contributed by atoms with Crippen molar-refractivity contribution >= 4 is 21.7 Å². The van der Waals surface area contributed by atoms with Crippen molar-refractivity contribution in [2.45, 2.75) is 0 Å². The molecule has 0 saturated carbocycles. The molecule has 0 spiro atoms. The number of benzene rings is 2. The molecule has 0 amide bonds. The van der Waals surface area contributed by atoms with E-state index in [1.165, 1.54) is 12.1 Å². The van der Waals surface area contributed by atoms with Crippen LogP contribution in [0, 0.1) is 17.7 Å². The Bertz CT molecular complexity index is 977. The number of rotatable bonds is 0. The Hall–Kier alpha value is -2.84. The van der Waals surface area contributed by atoms with E-state index in [-0.39, 0.29) is 28.7 Å². The summed E-state index contributed by atoms with van der Waals surface area (Å²) in [6.07, 6.45) is 0. The Kier molecular flexibility index (Phi) is 3.09. The van der Waals surface area contributed by atoms with Crippen molar-refractivity contribution < 1.29 is 19.0 Å². The number of fused-ring (bicyclic) bond motifs is 3. The van der Waals surface area contributed by atoms with Crippen molar-refractivity contribution in [3.8, 4) is 17.6 Å². The third-order valence-corrected chi connectivity index (χ3v) is 3.06. The van der Waals surface area contributed by atoms with Crippen LogP contribution in [0.4, 0.5) is 4.39 Å². The van der Waals surface area contributed by atoms with Crippen LogP contribution in [0.5, 0.6) is 5.75 Å². The first-order valence-corrected chi connectivity index (χ1v) is 6.09. The highest BCUT2D eigenvalue weighted by molar-refractivity contribution is 6.05. The molecule has 21 heavy (non-hydrogen) atoms. The summed E-state index contributed by atoms with van der Waals surface area (Å²) in [7, 11) is 0. The van der Waals surface area contributed by atoms with Gasteiger partial charge in [0.2, 0.25) is 0 Å². The molecule has 1 heterocycles. The number of halogens is 1. The monoisotopic (exact) mass is 284 g/mol. The topological polar surface area (TPSA) is 70.7 Å². The first kappa shape index (κ1) is 13.2. The van der Waals surface area contributed by atoms with Crippen LogP contribution < -0.4 is 5.63 Å². The van der Waals surface area contributed by atoms with Gasteiger partial charge >= 0.3 is 5.63 Å². The summed E-state index contributed by atoms with van der Waals surface area (Å²) < 4.78 is 19.1. The zero-order chi connectivity index (χ0) is 15.0. The Labute approximate surface area is 118 Å². The Balaban J connectivity index is 2.43. The number of aliphatic hydroxyl groups excluding tert-OH is 1. The van der Waals surface area contributed by atoms with Crippen molar-refractivity contribution in [2.75, 3.05) is 6.61 Å². The maximum atomic E-state index is 14.0. The van der Waals surface area contributed by atoms with Gasteiger partial charge in [0.05, 0.1) is 10.8 Å². The van der Waals surface area contributed by atoms with E-state index in [0.717, 1.165) is 6.07 Å². The molecule has 5 heteroatoms. The van der Waals surface area contributed by atoms with Crippen molar-refractivity contribution in [2.24, 2.45) is 0 Å². The fourth-order valence-corrected chi connectivity index (χ4v) is 2.22. The second-order valence-electron chi connectivity index (χ2n) is 4.41. The number of aliphatic hydroxyl groups is 1. The summed E-state index contributed by atoms with van der Waals surface area (Å²) in [4.78, 5) is 12.0. The van der Waals surface area contributed by atoms with Gasteiger partial charge in [0.15, 0.2) is 0 Å². The molecule has 2 aromatic carbocycles. The molecule has 0 aliphatic heterocycles. The number of aromatic hydroxyl groups is 1. The Morgan fingerprint density at radius 1 is 1.19 bits per heavy atom. The third-order valence-electron chi connectivity index (χ3n) is 3.06. The van der Waals surface area contributed by atoms with Gasteiger partial charge in [-0.3, -0.25) is 0 Å². The quantitative estimate of drug-likeness (QED) is 0.377. The molecule has 2 N–H and O–H groups in total. The SMILES string of the molecule is O=c1oc2cc(O)cc(F)c2c2ccc(C#CCO)cc12. The van der Waals surface area contributed by atoms with Gasteiger partial charge in [-0.05, 0) is 12.1 Å². The molecule has 3 aromatic rings. The second-order valence-corrected chi connectivity index (χ2v) is 4.41. The van der Waals surface area contributed by atoms with Gasteiger partial charge in [-0.2, -0.15) is 0 Å². The van der Waals surface area contributed by atoms with E-state index in [9.17, 15) is 14.3 Å². The lowest BCUT2D eigenvalue weighted by atomic mass is 10.0. The minimum atomic E-state index is -0.673. The van der Waals surface area contributed by atoms with Gasteiger partial charge in [0, 0.05) is 23.1 Å². The fraction of sp³-hybridized carbons (Fsp3) is 0.0625. The van der Waals surface area contributed by atoms with Gasteiger partial charge in [-0.15, -0.1) is 0 Å². The van der Waals surface area contributed by atoms with E-state index in [2.05, 4.69) is 11.8 Å². The Morgan fingerprint density at radius 3 is 2.76 bits per heavy atom. The van der Waals surface area contributed by atoms with Gasteiger partial charge in [0.1, 0.15) is 23.8 Å². The molecular weight excluding hydrogens is 275 g/mol. The first-order chi connectivity index (χ1) is 10.1. The van der Waals surface area contributed by atoms with E-state index in [4.69, 9.17) is 9.52 Å². The largest absolute Gasteiger partial charge is 0.508 e. The number of phenols is 1. The maximum absolute atomic E-state index is 14.0. The fourth-order valence-electron chi connectivity index (χ4n) is 2.22.